The molecular weight excluding hydrogens is 274 g/mol. The lowest BCUT2D eigenvalue weighted by molar-refractivity contribution is -0.141. The molecule has 1 amide bonds. The maximum Gasteiger partial charge on any atom is 0.325 e. The molecule has 0 aromatic heterocycles. The number of rotatable bonds is 7. The monoisotopic (exact) mass is 295 g/mol. The third kappa shape index (κ3) is 4.89. The van der Waals surface area contributed by atoms with Crippen LogP contribution in [0, 0.1) is 0 Å². The van der Waals surface area contributed by atoms with Gasteiger partial charge in [0.05, 0.1) is 7.11 Å². The van der Waals surface area contributed by atoms with Crippen LogP contribution in [0.15, 0.2) is 24.3 Å². The summed E-state index contributed by atoms with van der Waals surface area (Å²) in [5, 5.41) is 0. The van der Waals surface area contributed by atoms with E-state index < -0.39 is 5.97 Å². The second-order valence-corrected chi connectivity index (χ2v) is 5.30. The summed E-state index contributed by atoms with van der Waals surface area (Å²) in [4.78, 5) is 25.4. The SMILES string of the molecule is CCCN(CC(=O)OC)C(=O)c1cccc(CSC)c1. The van der Waals surface area contributed by atoms with Crippen molar-refractivity contribution in [1.82, 2.24) is 4.90 Å². The molecule has 0 saturated heterocycles. The van der Waals surface area contributed by atoms with Crippen LogP contribution in [0.25, 0.3) is 0 Å². The highest BCUT2D eigenvalue weighted by Crippen LogP contribution is 2.13. The molecule has 0 saturated carbocycles. The summed E-state index contributed by atoms with van der Waals surface area (Å²) in [7, 11) is 1.33. The van der Waals surface area contributed by atoms with Gasteiger partial charge < -0.3 is 9.64 Å². The first-order valence-corrected chi connectivity index (χ1v) is 7.95. The Morgan fingerprint density at radius 2 is 2.10 bits per heavy atom. The van der Waals surface area contributed by atoms with Gasteiger partial charge in [-0.2, -0.15) is 11.8 Å². The van der Waals surface area contributed by atoms with Crippen LogP contribution < -0.4 is 0 Å². The minimum absolute atomic E-state index is 0.00404. The standard InChI is InChI=1S/C15H21NO3S/c1-4-8-16(10-14(17)19-2)15(18)13-7-5-6-12(9-13)11-20-3/h5-7,9H,4,8,10-11H2,1-3H3. The van der Waals surface area contributed by atoms with Crippen LogP contribution in [0.3, 0.4) is 0 Å². The first kappa shape index (κ1) is 16.6. The Kier molecular flexibility index (Phi) is 7.15. The fourth-order valence-electron chi connectivity index (χ4n) is 1.89. The first-order chi connectivity index (χ1) is 9.62. The topological polar surface area (TPSA) is 46.6 Å². The molecule has 1 aromatic carbocycles. The largest absolute Gasteiger partial charge is 0.468 e. The number of esters is 1. The third-order valence-electron chi connectivity index (χ3n) is 2.81. The van der Waals surface area contributed by atoms with Crippen molar-refractivity contribution in [2.75, 3.05) is 26.5 Å². The molecule has 0 heterocycles. The lowest BCUT2D eigenvalue weighted by atomic mass is 10.1. The Hall–Kier alpha value is -1.49. The fourth-order valence-corrected chi connectivity index (χ4v) is 2.40. The van der Waals surface area contributed by atoms with E-state index in [0.717, 1.165) is 17.7 Å². The van der Waals surface area contributed by atoms with Crippen molar-refractivity contribution < 1.29 is 14.3 Å². The summed E-state index contributed by atoms with van der Waals surface area (Å²) in [5.41, 5.74) is 1.73. The minimum atomic E-state index is -0.396. The molecule has 5 heteroatoms. The van der Waals surface area contributed by atoms with Crippen LogP contribution in [0.4, 0.5) is 0 Å². The van der Waals surface area contributed by atoms with Gasteiger partial charge in [0, 0.05) is 17.9 Å². The molecule has 0 radical (unpaired) electrons. The van der Waals surface area contributed by atoms with E-state index in [2.05, 4.69) is 4.74 Å². The Balaban J connectivity index is 2.87. The van der Waals surface area contributed by atoms with Gasteiger partial charge in [-0.1, -0.05) is 19.1 Å². The molecule has 110 valence electrons. The van der Waals surface area contributed by atoms with Crippen molar-refractivity contribution in [2.45, 2.75) is 19.1 Å². The molecule has 1 rings (SSSR count). The van der Waals surface area contributed by atoms with E-state index >= 15 is 0 Å². The number of methoxy groups -OCH3 is 1. The van der Waals surface area contributed by atoms with Gasteiger partial charge in [0.1, 0.15) is 6.54 Å². The van der Waals surface area contributed by atoms with E-state index in [1.54, 1.807) is 17.8 Å². The number of thioether (sulfide) groups is 1. The second-order valence-electron chi connectivity index (χ2n) is 4.44. The summed E-state index contributed by atoms with van der Waals surface area (Å²) in [6.45, 7) is 2.51. The fraction of sp³-hybridized carbons (Fsp3) is 0.467. The van der Waals surface area contributed by atoms with E-state index in [4.69, 9.17) is 0 Å². The van der Waals surface area contributed by atoms with Crippen molar-refractivity contribution in [3.05, 3.63) is 35.4 Å². The molecular formula is C15H21NO3S. The molecule has 0 aliphatic rings. The minimum Gasteiger partial charge on any atom is -0.468 e. The number of hydrogen-bond donors (Lipinski definition) is 0. The second kappa shape index (κ2) is 8.64. The number of carbonyl (C=O) groups excluding carboxylic acids is 2. The summed E-state index contributed by atoms with van der Waals surface area (Å²) in [6, 6.07) is 7.55. The predicted octanol–water partition coefficient (Wildman–Crippen LogP) is 2.57. The van der Waals surface area contributed by atoms with Gasteiger partial charge in [-0.05, 0) is 30.4 Å². The van der Waals surface area contributed by atoms with Gasteiger partial charge in [0.2, 0.25) is 0 Å². The third-order valence-corrected chi connectivity index (χ3v) is 3.44. The predicted molar refractivity (Wildman–Crippen MR) is 81.9 cm³/mol. The van der Waals surface area contributed by atoms with Gasteiger partial charge in [-0.3, -0.25) is 9.59 Å². The van der Waals surface area contributed by atoms with Crippen molar-refractivity contribution >= 4 is 23.6 Å². The molecule has 0 aliphatic heterocycles. The zero-order chi connectivity index (χ0) is 15.0. The molecule has 0 atom stereocenters. The Bertz CT molecular complexity index is 462. The summed E-state index contributed by atoms with van der Waals surface area (Å²) < 4.78 is 4.64. The molecule has 0 unspecified atom stereocenters. The van der Waals surface area contributed by atoms with E-state index in [1.165, 1.54) is 12.0 Å². The molecule has 0 bridgehead atoms. The maximum absolute atomic E-state index is 12.5. The Labute approximate surface area is 124 Å². The quantitative estimate of drug-likeness (QED) is 0.725. The average Bonchev–Trinajstić information content (AvgIpc) is 2.46. The van der Waals surface area contributed by atoms with Gasteiger partial charge in [-0.25, -0.2) is 0 Å². The molecule has 0 fully saturated rings. The van der Waals surface area contributed by atoms with Crippen LogP contribution in [0.5, 0.6) is 0 Å². The van der Waals surface area contributed by atoms with E-state index in [1.807, 2.05) is 31.4 Å². The van der Waals surface area contributed by atoms with Gasteiger partial charge >= 0.3 is 5.97 Å². The lowest BCUT2D eigenvalue weighted by Crippen LogP contribution is -2.36. The average molecular weight is 295 g/mol. The number of ether oxygens (including phenoxy) is 1. The molecule has 1 aromatic rings. The van der Waals surface area contributed by atoms with Crippen LogP contribution in [-0.2, 0) is 15.3 Å². The van der Waals surface area contributed by atoms with Crippen molar-refractivity contribution in [3.63, 3.8) is 0 Å². The summed E-state index contributed by atoms with van der Waals surface area (Å²) in [5.74, 6) is 0.346. The molecule has 0 spiro atoms. The van der Waals surface area contributed by atoms with Crippen LogP contribution >= 0.6 is 11.8 Å². The van der Waals surface area contributed by atoms with E-state index in [9.17, 15) is 9.59 Å². The maximum atomic E-state index is 12.5. The Morgan fingerprint density at radius 1 is 1.35 bits per heavy atom. The van der Waals surface area contributed by atoms with Gasteiger partial charge in [0.25, 0.3) is 5.91 Å². The zero-order valence-corrected chi connectivity index (χ0v) is 13.0. The highest BCUT2D eigenvalue weighted by Gasteiger charge is 2.18. The molecule has 0 aliphatic carbocycles. The Morgan fingerprint density at radius 3 is 2.70 bits per heavy atom. The van der Waals surface area contributed by atoms with Crippen molar-refractivity contribution in [3.8, 4) is 0 Å². The number of nitrogens with zero attached hydrogens (tertiary/aromatic N) is 1. The van der Waals surface area contributed by atoms with Crippen LogP contribution in [-0.4, -0.2) is 43.2 Å². The number of benzene rings is 1. The normalized spacial score (nSPS) is 10.2. The van der Waals surface area contributed by atoms with E-state index in [-0.39, 0.29) is 12.5 Å². The number of hydrogen-bond acceptors (Lipinski definition) is 4. The van der Waals surface area contributed by atoms with Gasteiger partial charge in [0.15, 0.2) is 0 Å². The zero-order valence-electron chi connectivity index (χ0n) is 12.2. The summed E-state index contributed by atoms with van der Waals surface area (Å²) in [6.07, 6.45) is 2.82. The molecule has 0 N–H and O–H groups in total. The molecule has 20 heavy (non-hydrogen) atoms. The lowest BCUT2D eigenvalue weighted by Gasteiger charge is -2.21. The van der Waals surface area contributed by atoms with E-state index in [0.29, 0.717) is 12.1 Å². The smallest absolute Gasteiger partial charge is 0.325 e. The van der Waals surface area contributed by atoms with Gasteiger partial charge in [-0.15, -0.1) is 0 Å². The summed E-state index contributed by atoms with van der Waals surface area (Å²) >= 11 is 1.71. The number of amides is 1. The van der Waals surface area contributed by atoms with Crippen LogP contribution in [0.2, 0.25) is 0 Å². The first-order valence-electron chi connectivity index (χ1n) is 6.56. The molecule has 4 nitrogen and oxygen atoms in total. The van der Waals surface area contributed by atoms with Crippen molar-refractivity contribution in [2.24, 2.45) is 0 Å². The van der Waals surface area contributed by atoms with Crippen molar-refractivity contribution in [1.29, 1.82) is 0 Å². The highest BCUT2D eigenvalue weighted by molar-refractivity contribution is 7.97. The van der Waals surface area contributed by atoms with Crippen LogP contribution in [0.1, 0.15) is 29.3 Å². The highest BCUT2D eigenvalue weighted by atomic mass is 32.2. The number of carbonyl (C=O) groups is 2.